The van der Waals surface area contributed by atoms with Gasteiger partial charge in [0.1, 0.15) is 6.61 Å². The smallest absolute Gasteiger partial charge is 0.163 e. The summed E-state index contributed by atoms with van der Waals surface area (Å²) in [7, 11) is 0. The topological polar surface area (TPSA) is 30.5 Å². The van der Waals surface area contributed by atoms with Crippen LogP contribution < -0.4 is 14.8 Å². The molecule has 0 unspecified atom stereocenters. The third-order valence-electron chi connectivity index (χ3n) is 3.86. The molecule has 2 aromatic carbocycles. The second kappa shape index (κ2) is 10.3. The summed E-state index contributed by atoms with van der Waals surface area (Å²) < 4.78 is 11.7. The summed E-state index contributed by atoms with van der Waals surface area (Å²) in [6.07, 6.45) is 1.15. The van der Waals surface area contributed by atoms with Gasteiger partial charge in [-0.3, -0.25) is 0 Å². The van der Waals surface area contributed by atoms with Crippen molar-refractivity contribution in [2.75, 3.05) is 13.2 Å². The standard InChI is InChI=1S/C21H28ClNO2/c1-4-24-20-12-18(14-23-11-10-16(2)3)19(22)13-21(20)25-15-17-8-6-5-7-9-17/h5-9,12-13,16,23H,4,10-11,14-15H2,1-3H3. The Labute approximate surface area is 156 Å². The molecule has 0 saturated carbocycles. The molecule has 2 rings (SSSR count). The average molecular weight is 362 g/mol. The zero-order valence-corrected chi connectivity index (χ0v) is 16.1. The number of halogens is 1. The Kier molecular flexibility index (Phi) is 8.10. The predicted molar refractivity (Wildman–Crippen MR) is 105 cm³/mol. The quantitative estimate of drug-likeness (QED) is 0.570. The fourth-order valence-electron chi connectivity index (χ4n) is 2.44. The largest absolute Gasteiger partial charge is 0.490 e. The molecule has 0 bridgehead atoms. The van der Waals surface area contributed by atoms with Crippen molar-refractivity contribution in [2.24, 2.45) is 5.92 Å². The van der Waals surface area contributed by atoms with E-state index in [2.05, 4.69) is 19.2 Å². The van der Waals surface area contributed by atoms with E-state index in [4.69, 9.17) is 21.1 Å². The minimum atomic E-state index is 0.489. The molecule has 0 aliphatic carbocycles. The van der Waals surface area contributed by atoms with Crippen LogP contribution in [0.15, 0.2) is 42.5 Å². The first-order valence-electron chi connectivity index (χ1n) is 8.92. The lowest BCUT2D eigenvalue weighted by atomic mass is 10.1. The molecule has 0 heterocycles. The Morgan fingerprint density at radius 2 is 1.76 bits per heavy atom. The molecular weight excluding hydrogens is 334 g/mol. The van der Waals surface area contributed by atoms with Gasteiger partial charge in [0.2, 0.25) is 0 Å². The van der Waals surface area contributed by atoms with Crippen LogP contribution in [0.3, 0.4) is 0 Å². The van der Waals surface area contributed by atoms with Crippen LogP contribution in [0.5, 0.6) is 11.5 Å². The number of ether oxygens (including phenoxy) is 2. The van der Waals surface area contributed by atoms with Gasteiger partial charge in [-0.1, -0.05) is 55.8 Å². The Balaban J connectivity index is 2.04. The van der Waals surface area contributed by atoms with Gasteiger partial charge in [-0.15, -0.1) is 0 Å². The van der Waals surface area contributed by atoms with Crippen LogP contribution in [-0.2, 0) is 13.2 Å². The maximum atomic E-state index is 6.45. The first-order chi connectivity index (χ1) is 12.1. The van der Waals surface area contributed by atoms with E-state index in [0.29, 0.717) is 29.9 Å². The van der Waals surface area contributed by atoms with E-state index >= 15 is 0 Å². The second-order valence-corrected chi connectivity index (χ2v) is 6.86. The van der Waals surface area contributed by atoms with E-state index in [1.807, 2.05) is 49.4 Å². The molecule has 0 aliphatic rings. The Hall–Kier alpha value is -1.71. The van der Waals surface area contributed by atoms with Crippen molar-refractivity contribution in [1.82, 2.24) is 5.32 Å². The van der Waals surface area contributed by atoms with E-state index in [-0.39, 0.29) is 0 Å². The van der Waals surface area contributed by atoms with Crippen LogP contribution in [0.1, 0.15) is 38.3 Å². The van der Waals surface area contributed by atoms with E-state index < -0.39 is 0 Å². The third kappa shape index (κ3) is 6.60. The summed E-state index contributed by atoms with van der Waals surface area (Å²) in [5.74, 6) is 2.11. The molecule has 3 nitrogen and oxygen atoms in total. The molecule has 0 atom stereocenters. The molecule has 2 aromatic rings. The van der Waals surface area contributed by atoms with Gasteiger partial charge < -0.3 is 14.8 Å². The molecule has 0 fully saturated rings. The maximum absolute atomic E-state index is 6.45. The van der Waals surface area contributed by atoms with Crippen LogP contribution in [0.2, 0.25) is 5.02 Å². The minimum absolute atomic E-state index is 0.489. The summed E-state index contributed by atoms with van der Waals surface area (Å²) in [6.45, 7) is 9.19. The Morgan fingerprint density at radius 3 is 2.44 bits per heavy atom. The number of hydrogen-bond donors (Lipinski definition) is 1. The highest BCUT2D eigenvalue weighted by Crippen LogP contribution is 2.34. The van der Waals surface area contributed by atoms with Crippen molar-refractivity contribution in [1.29, 1.82) is 0 Å². The van der Waals surface area contributed by atoms with Gasteiger partial charge in [0, 0.05) is 17.6 Å². The fraction of sp³-hybridized carbons (Fsp3) is 0.429. The SMILES string of the molecule is CCOc1cc(CNCCC(C)C)c(Cl)cc1OCc1ccccc1. The van der Waals surface area contributed by atoms with Crippen LogP contribution in [-0.4, -0.2) is 13.2 Å². The van der Waals surface area contributed by atoms with E-state index in [0.717, 1.165) is 36.4 Å². The number of hydrogen-bond acceptors (Lipinski definition) is 3. The molecule has 0 amide bonds. The summed E-state index contributed by atoms with van der Waals surface area (Å²) in [5, 5.41) is 4.14. The maximum Gasteiger partial charge on any atom is 0.163 e. The van der Waals surface area contributed by atoms with Crippen molar-refractivity contribution in [3.8, 4) is 11.5 Å². The van der Waals surface area contributed by atoms with Crippen molar-refractivity contribution < 1.29 is 9.47 Å². The molecule has 4 heteroatoms. The van der Waals surface area contributed by atoms with Crippen LogP contribution in [0, 0.1) is 5.92 Å². The highest BCUT2D eigenvalue weighted by molar-refractivity contribution is 6.31. The first kappa shape index (κ1) is 19.6. The summed E-state index contributed by atoms with van der Waals surface area (Å²) in [6, 6.07) is 13.9. The molecule has 0 radical (unpaired) electrons. The second-order valence-electron chi connectivity index (χ2n) is 6.46. The van der Waals surface area contributed by atoms with Crippen LogP contribution in [0.25, 0.3) is 0 Å². The first-order valence-corrected chi connectivity index (χ1v) is 9.30. The van der Waals surface area contributed by atoms with Gasteiger partial charge in [-0.2, -0.15) is 0 Å². The Bertz CT molecular complexity index is 644. The highest BCUT2D eigenvalue weighted by atomic mass is 35.5. The normalized spacial score (nSPS) is 10.9. The molecule has 0 saturated heterocycles. The zero-order chi connectivity index (χ0) is 18.1. The average Bonchev–Trinajstić information content (AvgIpc) is 2.60. The number of benzene rings is 2. The lowest BCUT2D eigenvalue weighted by Crippen LogP contribution is -2.16. The zero-order valence-electron chi connectivity index (χ0n) is 15.3. The lowest BCUT2D eigenvalue weighted by molar-refractivity contribution is 0.269. The van der Waals surface area contributed by atoms with Gasteiger partial charge in [0.05, 0.1) is 6.61 Å². The van der Waals surface area contributed by atoms with Gasteiger partial charge in [0.25, 0.3) is 0 Å². The monoisotopic (exact) mass is 361 g/mol. The van der Waals surface area contributed by atoms with Crippen LogP contribution in [0.4, 0.5) is 0 Å². The molecule has 0 aromatic heterocycles. The van der Waals surface area contributed by atoms with Gasteiger partial charge in [0.15, 0.2) is 11.5 Å². The van der Waals surface area contributed by atoms with Crippen molar-refractivity contribution in [2.45, 2.75) is 40.3 Å². The lowest BCUT2D eigenvalue weighted by Gasteiger charge is -2.15. The molecule has 1 N–H and O–H groups in total. The molecule has 25 heavy (non-hydrogen) atoms. The summed E-state index contributed by atoms with van der Waals surface area (Å²) in [4.78, 5) is 0. The van der Waals surface area contributed by atoms with Crippen molar-refractivity contribution in [3.63, 3.8) is 0 Å². The van der Waals surface area contributed by atoms with E-state index in [1.54, 1.807) is 0 Å². The number of rotatable bonds is 10. The molecule has 0 aliphatic heterocycles. The van der Waals surface area contributed by atoms with Crippen molar-refractivity contribution in [3.05, 3.63) is 58.6 Å². The molecule has 136 valence electrons. The third-order valence-corrected chi connectivity index (χ3v) is 4.22. The van der Waals surface area contributed by atoms with Gasteiger partial charge in [-0.25, -0.2) is 0 Å². The molecule has 0 spiro atoms. The Morgan fingerprint density at radius 1 is 1.04 bits per heavy atom. The van der Waals surface area contributed by atoms with Crippen LogP contribution >= 0.6 is 11.6 Å². The summed E-state index contributed by atoms with van der Waals surface area (Å²) >= 11 is 6.45. The van der Waals surface area contributed by atoms with Gasteiger partial charge >= 0.3 is 0 Å². The predicted octanol–water partition coefficient (Wildman–Crippen LogP) is 5.45. The number of nitrogens with one attached hydrogen (secondary N) is 1. The van der Waals surface area contributed by atoms with Gasteiger partial charge in [-0.05, 0) is 43.0 Å². The summed E-state index contributed by atoms with van der Waals surface area (Å²) in [5.41, 5.74) is 2.14. The van der Waals surface area contributed by atoms with E-state index in [9.17, 15) is 0 Å². The fourth-order valence-corrected chi connectivity index (χ4v) is 2.66. The molecular formula is C21H28ClNO2. The highest BCUT2D eigenvalue weighted by Gasteiger charge is 2.11. The van der Waals surface area contributed by atoms with Crippen molar-refractivity contribution >= 4 is 11.6 Å². The van der Waals surface area contributed by atoms with E-state index in [1.165, 1.54) is 0 Å². The minimum Gasteiger partial charge on any atom is -0.490 e.